The van der Waals surface area contributed by atoms with Gasteiger partial charge in [-0.25, -0.2) is 0 Å². The Labute approximate surface area is 61.4 Å². The molecule has 1 spiro atoms. The molecular formula is C8H14N2. The number of likely N-dealkylation sites (N-methyl/N-ethyl adjacent to an activating group) is 1. The van der Waals surface area contributed by atoms with Crippen LogP contribution in [0, 0.1) is 11.3 Å². The molecule has 3 rings (SSSR count). The first-order valence-electron chi connectivity index (χ1n) is 4.16. The Kier molecular flexibility index (Phi) is 0.647. The zero-order valence-corrected chi connectivity index (χ0v) is 6.43. The van der Waals surface area contributed by atoms with E-state index in [2.05, 4.69) is 11.9 Å². The molecule has 0 bridgehead atoms. The van der Waals surface area contributed by atoms with Gasteiger partial charge < -0.3 is 10.6 Å². The topological polar surface area (TPSA) is 29.3 Å². The zero-order valence-electron chi connectivity index (χ0n) is 6.43. The largest absolute Gasteiger partial charge is 0.323 e. The van der Waals surface area contributed by atoms with E-state index in [-0.39, 0.29) is 5.54 Å². The van der Waals surface area contributed by atoms with Gasteiger partial charge in [-0.2, -0.15) is 0 Å². The molecule has 0 aromatic carbocycles. The SMILES string of the molecule is CN1CC23CCC2[C@@]3(N)C1. The Morgan fingerprint density at radius 3 is 2.70 bits per heavy atom. The van der Waals surface area contributed by atoms with Crippen molar-refractivity contribution in [2.45, 2.75) is 18.4 Å². The van der Waals surface area contributed by atoms with E-state index in [1.165, 1.54) is 19.4 Å². The van der Waals surface area contributed by atoms with Crippen LogP contribution in [0.1, 0.15) is 12.8 Å². The molecule has 1 aliphatic heterocycles. The molecule has 2 unspecified atom stereocenters. The number of fused-ring (bicyclic) bond motifs is 1. The number of nitrogens with zero attached hydrogens (tertiary/aromatic N) is 1. The predicted molar refractivity (Wildman–Crippen MR) is 39.6 cm³/mol. The molecule has 2 nitrogen and oxygen atoms in total. The second-order valence-electron chi connectivity index (χ2n) is 4.46. The molecule has 2 heteroatoms. The number of hydrogen-bond donors (Lipinski definition) is 1. The Balaban J connectivity index is 1.98. The standard InChI is InChI=1S/C8H14N2/c1-10-4-7-3-2-6(7)8(7,9)5-10/h6H,2-5,9H2,1H3/t6?,7?,8-/m0/s1. The summed E-state index contributed by atoms with van der Waals surface area (Å²) in [6.45, 7) is 2.42. The van der Waals surface area contributed by atoms with Crippen molar-refractivity contribution in [1.82, 2.24) is 4.90 Å². The van der Waals surface area contributed by atoms with Crippen molar-refractivity contribution in [3.63, 3.8) is 0 Å². The van der Waals surface area contributed by atoms with Crippen LogP contribution in [0.5, 0.6) is 0 Å². The van der Waals surface area contributed by atoms with E-state index < -0.39 is 0 Å². The third-order valence-electron chi connectivity index (χ3n) is 4.10. The fraction of sp³-hybridized carbons (Fsp3) is 1.00. The second kappa shape index (κ2) is 1.16. The lowest BCUT2D eigenvalue weighted by molar-refractivity contribution is 0.218. The molecule has 1 saturated heterocycles. The van der Waals surface area contributed by atoms with Crippen molar-refractivity contribution >= 4 is 0 Å². The molecule has 0 aromatic heterocycles. The Morgan fingerprint density at radius 2 is 2.30 bits per heavy atom. The van der Waals surface area contributed by atoms with Crippen LogP contribution >= 0.6 is 0 Å². The van der Waals surface area contributed by atoms with Gasteiger partial charge in [0.2, 0.25) is 0 Å². The number of likely N-dealkylation sites (tertiary alicyclic amines) is 1. The molecule has 10 heavy (non-hydrogen) atoms. The van der Waals surface area contributed by atoms with Crippen LogP contribution < -0.4 is 5.73 Å². The number of nitrogens with two attached hydrogens (primary N) is 1. The first-order chi connectivity index (χ1) is 4.69. The summed E-state index contributed by atoms with van der Waals surface area (Å²) in [5, 5.41) is 0. The zero-order chi connectivity index (χ0) is 6.98. The molecule has 3 fully saturated rings. The number of hydrogen-bond acceptors (Lipinski definition) is 2. The van der Waals surface area contributed by atoms with Gasteiger partial charge in [0.05, 0.1) is 0 Å². The highest BCUT2D eigenvalue weighted by molar-refractivity contribution is 5.36. The fourth-order valence-corrected chi connectivity index (χ4v) is 3.51. The molecule has 0 aromatic rings. The highest BCUT2D eigenvalue weighted by Gasteiger charge is 2.81. The minimum atomic E-state index is 0.266. The molecule has 56 valence electrons. The summed E-state index contributed by atoms with van der Waals surface area (Å²) in [4.78, 5) is 2.38. The van der Waals surface area contributed by atoms with Gasteiger partial charge in [-0.05, 0) is 25.8 Å². The predicted octanol–water partition coefficient (Wildman–Crippen LogP) is 0.0393. The Bertz CT molecular complexity index is 191. The molecule has 2 N–H and O–H groups in total. The number of rotatable bonds is 0. The maximum atomic E-state index is 6.24. The minimum absolute atomic E-state index is 0.266. The Morgan fingerprint density at radius 1 is 1.50 bits per heavy atom. The van der Waals surface area contributed by atoms with Crippen molar-refractivity contribution in [3.8, 4) is 0 Å². The lowest BCUT2D eigenvalue weighted by Crippen LogP contribution is -2.33. The molecule has 3 aliphatic rings. The lowest BCUT2D eigenvalue weighted by Gasteiger charge is -2.26. The molecule has 1 heterocycles. The van der Waals surface area contributed by atoms with Gasteiger partial charge in [0.15, 0.2) is 0 Å². The van der Waals surface area contributed by atoms with E-state index in [0.29, 0.717) is 5.41 Å². The van der Waals surface area contributed by atoms with Crippen LogP contribution in [0.2, 0.25) is 0 Å². The van der Waals surface area contributed by atoms with Gasteiger partial charge in [0, 0.05) is 24.0 Å². The van der Waals surface area contributed by atoms with E-state index in [1.54, 1.807) is 0 Å². The van der Waals surface area contributed by atoms with Crippen LogP contribution in [0.3, 0.4) is 0 Å². The summed E-state index contributed by atoms with van der Waals surface area (Å²) in [7, 11) is 2.19. The van der Waals surface area contributed by atoms with Gasteiger partial charge in [0.1, 0.15) is 0 Å². The first-order valence-corrected chi connectivity index (χ1v) is 4.16. The lowest BCUT2D eigenvalue weighted by atomic mass is 9.85. The maximum Gasteiger partial charge on any atom is 0.0391 e. The molecule has 3 atom stereocenters. The monoisotopic (exact) mass is 138 g/mol. The van der Waals surface area contributed by atoms with Gasteiger partial charge in [-0.1, -0.05) is 0 Å². The number of piperidine rings is 1. The van der Waals surface area contributed by atoms with Gasteiger partial charge in [0.25, 0.3) is 0 Å². The highest BCUT2D eigenvalue weighted by atomic mass is 15.3. The summed E-state index contributed by atoms with van der Waals surface area (Å²) in [6, 6.07) is 0. The van der Waals surface area contributed by atoms with Crippen LogP contribution in [-0.2, 0) is 0 Å². The Hall–Kier alpha value is -0.0800. The molecule has 0 amide bonds. The van der Waals surface area contributed by atoms with Crippen LogP contribution in [0.15, 0.2) is 0 Å². The molecule has 2 aliphatic carbocycles. The summed E-state index contributed by atoms with van der Waals surface area (Å²) in [5.74, 6) is 0.913. The average molecular weight is 138 g/mol. The third-order valence-corrected chi connectivity index (χ3v) is 4.10. The van der Waals surface area contributed by atoms with E-state index in [4.69, 9.17) is 5.73 Å². The van der Waals surface area contributed by atoms with Crippen molar-refractivity contribution in [2.75, 3.05) is 20.1 Å². The van der Waals surface area contributed by atoms with Crippen molar-refractivity contribution < 1.29 is 0 Å². The molecular weight excluding hydrogens is 124 g/mol. The first kappa shape index (κ1) is 5.56. The minimum Gasteiger partial charge on any atom is -0.323 e. The van der Waals surface area contributed by atoms with E-state index in [0.717, 1.165) is 12.5 Å². The van der Waals surface area contributed by atoms with E-state index in [1.807, 2.05) is 0 Å². The van der Waals surface area contributed by atoms with E-state index in [9.17, 15) is 0 Å². The smallest absolute Gasteiger partial charge is 0.0391 e. The van der Waals surface area contributed by atoms with Gasteiger partial charge in [-0.3, -0.25) is 0 Å². The van der Waals surface area contributed by atoms with Crippen molar-refractivity contribution in [3.05, 3.63) is 0 Å². The molecule has 2 saturated carbocycles. The van der Waals surface area contributed by atoms with Crippen LogP contribution in [-0.4, -0.2) is 30.6 Å². The molecule has 0 radical (unpaired) electrons. The van der Waals surface area contributed by atoms with Crippen LogP contribution in [0.4, 0.5) is 0 Å². The summed E-state index contributed by atoms with van der Waals surface area (Å²) >= 11 is 0. The van der Waals surface area contributed by atoms with Crippen molar-refractivity contribution in [2.24, 2.45) is 17.1 Å². The van der Waals surface area contributed by atoms with E-state index >= 15 is 0 Å². The fourth-order valence-electron chi connectivity index (χ4n) is 3.51. The summed E-state index contributed by atoms with van der Waals surface area (Å²) in [6.07, 6.45) is 2.81. The van der Waals surface area contributed by atoms with Gasteiger partial charge in [-0.15, -0.1) is 0 Å². The summed E-state index contributed by atoms with van der Waals surface area (Å²) in [5.41, 5.74) is 7.12. The quantitative estimate of drug-likeness (QED) is 0.512. The normalized spacial score (nSPS) is 64.8. The van der Waals surface area contributed by atoms with Crippen molar-refractivity contribution in [1.29, 1.82) is 0 Å². The third kappa shape index (κ3) is 0.311. The summed E-state index contributed by atoms with van der Waals surface area (Å²) < 4.78 is 0. The second-order valence-corrected chi connectivity index (χ2v) is 4.46. The average Bonchev–Trinajstić information content (AvgIpc) is 2.13. The maximum absolute atomic E-state index is 6.24. The van der Waals surface area contributed by atoms with Crippen LogP contribution in [0.25, 0.3) is 0 Å². The van der Waals surface area contributed by atoms with Gasteiger partial charge >= 0.3 is 0 Å². The highest BCUT2D eigenvalue weighted by Crippen LogP contribution is 2.76.